The number of nitrogens with zero attached hydrogens (tertiary/aromatic N) is 7. The molecule has 2 N–H and O–H groups in total. The Morgan fingerprint density at radius 1 is 1.15 bits per heavy atom. The molecule has 0 radical (unpaired) electrons. The number of rotatable bonds is 4. The average Bonchev–Trinajstić information content (AvgIpc) is 3.46. The van der Waals surface area contributed by atoms with E-state index < -0.39 is 36.0 Å². The zero-order chi connectivity index (χ0) is 29.1. The molecule has 4 aromatic rings. The second-order valence-electron chi connectivity index (χ2n) is 10.2. The highest BCUT2D eigenvalue weighted by Crippen LogP contribution is 2.38. The Morgan fingerprint density at radius 3 is 2.55 bits per heavy atom. The summed E-state index contributed by atoms with van der Waals surface area (Å²) < 4.78 is 57.2. The SMILES string of the molecule is CC(=O)N1CC(C)N(c2cc(-c3cc(-c4ccnn4CC(F)(F)F)c4c(N)ncnn34)ccc2F)C(=O)C1(C)C. The predicted molar refractivity (Wildman–Crippen MR) is 138 cm³/mol. The summed E-state index contributed by atoms with van der Waals surface area (Å²) in [5.74, 6) is -1.37. The summed E-state index contributed by atoms with van der Waals surface area (Å²) in [6.45, 7) is 5.18. The number of anilines is 2. The minimum Gasteiger partial charge on any atom is -0.382 e. The number of hydrogen-bond acceptors (Lipinski definition) is 6. The molecule has 14 heteroatoms. The van der Waals surface area contributed by atoms with Crippen LogP contribution in [0.5, 0.6) is 0 Å². The van der Waals surface area contributed by atoms with E-state index in [0.717, 1.165) is 4.68 Å². The van der Waals surface area contributed by atoms with Crippen LogP contribution in [0.2, 0.25) is 0 Å². The van der Waals surface area contributed by atoms with E-state index in [4.69, 9.17) is 5.73 Å². The molecule has 0 saturated carbocycles. The third-order valence-corrected chi connectivity index (χ3v) is 7.09. The van der Waals surface area contributed by atoms with Gasteiger partial charge in [-0.1, -0.05) is 0 Å². The lowest BCUT2D eigenvalue weighted by atomic mass is 9.93. The van der Waals surface area contributed by atoms with Crippen molar-refractivity contribution >= 4 is 28.8 Å². The molecule has 1 aliphatic heterocycles. The normalized spacial score (nSPS) is 17.6. The molecule has 0 bridgehead atoms. The number of amides is 2. The molecule has 210 valence electrons. The lowest BCUT2D eigenvalue weighted by molar-refractivity contribution is -0.146. The number of carbonyl (C=O) groups is 2. The highest BCUT2D eigenvalue weighted by atomic mass is 19.4. The first-order valence-corrected chi connectivity index (χ1v) is 12.3. The van der Waals surface area contributed by atoms with E-state index in [0.29, 0.717) is 16.8 Å². The number of halogens is 4. The van der Waals surface area contributed by atoms with Gasteiger partial charge in [-0.2, -0.15) is 23.4 Å². The van der Waals surface area contributed by atoms with E-state index in [2.05, 4.69) is 15.2 Å². The van der Waals surface area contributed by atoms with Gasteiger partial charge in [0.25, 0.3) is 5.91 Å². The second-order valence-corrected chi connectivity index (χ2v) is 10.2. The zero-order valence-corrected chi connectivity index (χ0v) is 22.1. The van der Waals surface area contributed by atoms with Crippen molar-refractivity contribution in [3.05, 3.63) is 48.7 Å². The molecule has 1 atom stereocenters. The van der Waals surface area contributed by atoms with Gasteiger partial charge in [-0.3, -0.25) is 14.3 Å². The van der Waals surface area contributed by atoms with Crippen molar-refractivity contribution < 1.29 is 27.2 Å². The second kappa shape index (κ2) is 9.31. The van der Waals surface area contributed by atoms with Crippen LogP contribution in [0.15, 0.2) is 42.9 Å². The number of nitrogens with two attached hydrogens (primary N) is 1. The summed E-state index contributed by atoms with van der Waals surface area (Å²) in [5, 5.41) is 8.07. The van der Waals surface area contributed by atoms with E-state index in [1.165, 1.54) is 58.0 Å². The molecular weight excluding hydrogens is 532 g/mol. The lowest BCUT2D eigenvalue weighted by Crippen LogP contribution is -2.67. The summed E-state index contributed by atoms with van der Waals surface area (Å²) >= 11 is 0. The number of piperazine rings is 1. The molecule has 3 aromatic heterocycles. The van der Waals surface area contributed by atoms with Crippen molar-refractivity contribution in [1.82, 2.24) is 29.3 Å². The van der Waals surface area contributed by atoms with Gasteiger partial charge in [0.2, 0.25) is 5.91 Å². The molecular formula is C26H26F4N8O2. The Labute approximate surface area is 226 Å². The maximum Gasteiger partial charge on any atom is 0.408 e. The fraction of sp³-hybridized carbons (Fsp3) is 0.346. The molecule has 1 unspecified atom stereocenters. The Morgan fingerprint density at radius 2 is 1.88 bits per heavy atom. The fourth-order valence-electron chi connectivity index (χ4n) is 5.24. The monoisotopic (exact) mass is 558 g/mol. The topological polar surface area (TPSA) is 115 Å². The van der Waals surface area contributed by atoms with Crippen LogP contribution >= 0.6 is 0 Å². The van der Waals surface area contributed by atoms with Gasteiger partial charge in [-0.25, -0.2) is 13.9 Å². The molecule has 10 nitrogen and oxygen atoms in total. The highest BCUT2D eigenvalue weighted by molar-refractivity contribution is 6.04. The number of benzene rings is 1. The van der Waals surface area contributed by atoms with Gasteiger partial charge in [0.1, 0.15) is 29.7 Å². The first kappa shape index (κ1) is 27.1. The average molecular weight is 559 g/mol. The molecule has 0 aliphatic carbocycles. The minimum atomic E-state index is -4.52. The van der Waals surface area contributed by atoms with Crippen molar-refractivity contribution in [2.45, 2.75) is 52.0 Å². The van der Waals surface area contributed by atoms with Crippen molar-refractivity contribution in [3.8, 4) is 22.5 Å². The third kappa shape index (κ3) is 4.42. The number of carbonyl (C=O) groups excluding carboxylic acids is 2. The minimum absolute atomic E-state index is 0.00748. The van der Waals surface area contributed by atoms with Gasteiger partial charge in [0.15, 0.2) is 5.82 Å². The van der Waals surface area contributed by atoms with Crippen LogP contribution in [0, 0.1) is 5.82 Å². The van der Waals surface area contributed by atoms with E-state index >= 15 is 4.39 Å². The summed E-state index contributed by atoms with van der Waals surface area (Å²) in [4.78, 5) is 32.5. The van der Waals surface area contributed by atoms with Crippen LogP contribution in [0.3, 0.4) is 0 Å². The van der Waals surface area contributed by atoms with E-state index in [9.17, 15) is 22.8 Å². The predicted octanol–water partition coefficient (Wildman–Crippen LogP) is 3.91. The van der Waals surface area contributed by atoms with Crippen LogP contribution in [0.25, 0.3) is 28.0 Å². The smallest absolute Gasteiger partial charge is 0.382 e. The quantitative estimate of drug-likeness (QED) is 0.380. The van der Waals surface area contributed by atoms with E-state index in [1.807, 2.05) is 0 Å². The van der Waals surface area contributed by atoms with Gasteiger partial charge >= 0.3 is 6.18 Å². The van der Waals surface area contributed by atoms with Crippen LogP contribution < -0.4 is 10.6 Å². The third-order valence-electron chi connectivity index (χ3n) is 7.09. The first-order chi connectivity index (χ1) is 18.7. The molecule has 2 amide bonds. The van der Waals surface area contributed by atoms with Crippen molar-refractivity contribution in [3.63, 3.8) is 0 Å². The number of aromatic nitrogens is 5. The Kier molecular flexibility index (Phi) is 6.31. The standard InChI is InChI=1S/C26H26F4N8O2/c1-14-11-35(15(2)39)25(3,4)24(40)37(14)21-9-16(5-6-18(21)27)20-10-17(22-23(31)32-13-34-38(20)22)19-7-8-33-36(19)12-26(28,29)30/h5-10,13-14H,11-12H2,1-4H3,(H2,31,32,34). The summed E-state index contributed by atoms with van der Waals surface area (Å²) in [6.07, 6.45) is -2.08. The molecule has 1 aliphatic rings. The molecule has 1 aromatic carbocycles. The highest BCUT2D eigenvalue weighted by Gasteiger charge is 2.47. The van der Waals surface area contributed by atoms with Gasteiger partial charge in [-0.15, -0.1) is 0 Å². The number of nitrogen functional groups attached to an aromatic ring is 1. The molecule has 1 fully saturated rings. The van der Waals surface area contributed by atoms with Crippen LogP contribution in [-0.2, 0) is 16.1 Å². The molecule has 0 spiro atoms. The van der Waals surface area contributed by atoms with E-state index in [1.54, 1.807) is 26.8 Å². The summed E-state index contributed by atoms with van der Waals surface area (Å²) in [5.41, 5.74) is 6.38. The van der Waals surface area contributed by atoms with Crippen molar-refractivity contribution in [2.24, 2.45) is 0 Å². The van der Waals surface area contributed by atoms with Gasteiger partial charge in [0, 0.05) is 30.8 Å². The van der Waals surface area contributed by atoms with Crippen LogP contribution in [0.1, 0.15) is 27.7 Å². The first-order valence-electron chi connectivity index (χ1n) is 12.3. The maximum atomic E-state index is 15.3. The summed E-state index contributed by atoms with van der Waals surface area (Å²) in [7, 11) is 0. The van der Waals surface area contributed by atoms with Gasteiger partial charge in [0.05, 0.1) is 23.1 Å². The lowest BCUT2D eigenvalue weighted by Gasteiger charge is -2.48. The molecule has 40 heavy (non-hydrogen) atoms. The Bertz CT molecular complexity index is 1640. The van der Waals surface area contributed by atoms with Gasteiger partial charge in [-0.05, 0) is 51.1 Å². The number of fused-ring (bicyclic) bond motifs is 1. The van der Waals surface area contributed by atoms with Crippen molar-refractivity contribution in [1.29, 1.82) is 0 Å². The summed E-state index contributed by atoms with van der Waals surface area (Å²) in [6, 6.07) is 6.60. The Balaban J connectivity index is 1.66. The van der Waals surface area contributed by atoms with Crippen LogP contribution in [-0.4, -0.2) is 65.4 Å². The largest absolute Gasteiger partial charge is 0.408 e. The molecule has 5 rings (SSSR count). The molecule has 4 heterocycles. The maximum absolute atomic E-state index is 15.3. The fourth-order valence-corrected chi connectivity index (χ4v) is 5.24. The Hall–Kier alpha value is -4.49. The zero-order valence-electron chi connectivity index (χ0n) is 22.1. The van der Waals surface area contributed by atoms with E-state index in [-0.39, 0.29) is 35.2 Å². The molecule has 1 saturated heterocycles. The number of hydrogen-bond donors (Lipinski definition) is 1. The van der Waals surface area contributed by atoms with Gasteiger partial charge < -0.3 is 15.5 Å². The van der Waals surface area contributed by atoms with Crippen LogP contribution in [0.4, 0.5) is 29.1 Å². The van der Waals surface area contributed by atoms with Crippen molar-refractivity contribution in [2.75, 3.05) is 17.2 Å². The number of alkyl halides is 3.